The number of benzene rings is 1. The molecule has 0 amide bonds. The molecule has 4 heterocycles. The number of pyridine rings is 4. The van der Waals surface area contributed by atoms with E-state index in [1.54, 1.807) is 0 Å². The molecular formula is C50H68N6. The predicted octanol–water partition coefficient (Wildman–Crippen LogP) is 14.1. The van der Waals surface area contributed by atoms with E-state index in [1.807, 2.05) is 24.8 Å². The Morgan fingerprint density at radius 1 is 0.375 bits per heavy atom. The van der Waals surface area contributed by atoms with Gasteiger partial charge in [-0.15, -0.1) is 0 Å². The normalized spacial score (nSPS) is 11.6. The summed E-state index contributed by atoms with van der Waals surface area (Å²) in [6.07, 6.45) is 21.4. The van der Waals surface area contributed by atoms with Gasteiger partial charge in [0.2, 0.25) is 0 Å². The van der Waals surface area contributed by atoms with Crippen molar-refractivity contribution in [1.29, 1.82) is 0 Å². The summed E-state index contributed by atoms with van der Waals surface area (Å²) in [5, 5.41) is 0. The third-order valence-corrected chi connectivity index (χ3v) is 10.5. The summed E-state index contributed by atoms with van der Waals surface area (Å²) in [5.74, 6) is 6.24. The van der Waals surface area contributed by atoms with Crippen molar-refractivity contribution in [1.82, 2.24) is 19.9 Å². The summed E-state index contributed by atoms with van der Waals surface area (Å²) in [6, 6.07) is 26.4. The van der Waals surface area contributed by atoms with Gasteiger partial charge in [-0.3, -0.25) is 9.80 Å². The molecule has 5 aromatic rings. The summed E-state index contributed by atoms with van der Waals surface area (Å²) in [5.41, 5.74) is 7.17. The molecular weight excluding hydrogens is 685 g/mol. The van der Waals surface area contributed by atoms with Crippen molar-refractivity contribution in [3.8, 4) is 0 Å². The van der Waals surface area contributed by atoms with Crippen molar-refractivity contribution in [2.45, 2.75) is 132 Å². The van der Waals surface area contributed by atoms with Crippen molar-refractivity contribution in [3.05, 3.63) is 120 Å². The van der Waals surface area contributed by atoms with Gasteiger partial charge >= 0.3 is 0 Å². The number of hydrogen-bond donors (Lipinski definition) is 0. The highest BCUT2D eigenvalue weighted by Gasteiger charge is 2.21. The molecule has 0 spiro atoms. The van der Waals surface area contributed by atoms with Crippen molar-refractivity contribution >= 4 is 34.6 Å². The minimum atomic E-state index is 0.687. The van der Waals surface area contributed by atoms with Gasteiger partial charge < -0.3 is 0 Å². The fourth-order valence-corrected chi connectivity index (χ4v) is 7.35. The molecule has 6 heteroatoms. The van der Waals surface area contributed by atoms with Crippen LogP contribution in [0, 0.1) is 23.7 Å². The lowest BCUT2D eigenvalue weighted by Crippen LogP contribution is -2.16. The number of aromatic nitrogens is 4. The minimum absolute atomic E-state index is 0.687. The van der Waals surface area contributed by atoms with Crippen LogP contribution in [0.5, 0.6) is 0 Å². The maximum atomic E-state index is 4.99. The second-order valence-electron chi connectivity index (χ2n) is 17.4. The maximum Gasteiger partial charge on any atom is 0.138 e. The lowest BCUT2D eigenvalue weighted by Gasteiger charge is -2.28. The Hall–Kier alpha value is -4.58. The topological polar surface area (TPSA) is 58.0 Å². The molecule has 0 atom stereocenters. The van der Waals surface area contributed by atoms with Crippen LogP contribution in [0.2, 0.25) is 0 Å². The molecule has 0 N–H and O–H groups in total. The number of nitrogens with zero attached hydrogens (tertiary/aromatic N) is 6. The summed E-state index contributed by atoms with van der Waals surface area (Å²) < 4.78 is 0. The highest BCUT2D eigenvalue weighted by atomic mass is 15.3. The van der Waals surface area contributed by atoms with E-state index in [2.05, 4.69) is 138 Å². The monoisotopic (exact) mass is 753 g/mol. The second kappa shape index (κ2) is 21.6. The standard InChI is InChI=1S/C50H68N6/c1-37(2)14-9-18-41-24-28-51-47(32-41)55(48-33-42(25-29-52-48)19-10-15-38(3)4)45-22-13-23-46(36-45)56(49-34-43(26-30-53-49)20-11-16-39(5)6)50-35-44(27-31-54-50)21-12-17-40(7)8/h13,22-40H,9-12,14-21H2,1-8H3. The minimum Gasteiger partial charge on any atom is -0.279 e. The maximum absolute atomic E-state index is 4.99. The van der Waals surface area contributed by atoms with Crippen molar-refractivity contribution in [3.63, 3.8) is 0 Å². The first kappa shape index (κ1) is 42.6. The van der Waals surface area contributed by atoms with Crippen LogP contribution in [0.3, 0.4) is 0 Å². The molecule has 1 aromatic carbocycles. The Kier molecular flexibility index (Phi) is 16.5. The molecule has 4 aromatic heterocycles. The molecule has 6 nitrogen and oxygen atoms in total. The van der Waals surface area contributed by atoms with Gasteiger partial charge in [0, 0.05) is 24.8 Å². The summed E-state index contributed by atoms with van der Waals surface area (Å²) in [4.78, 5) is 24.4. The van der Waals surface area contributed by atoms with Gasteiger partial charge in [0.25, 0.3) is 0 Å². The van der Waals surface area contributed by atoms with Crippen LogP contribution in [-0.2, 0) is 25.7 Å². The Morgan fingerprint density at radius 2 is 0.643 bits per heavy atom. The van der Waals surface area contributed by atoms with E-state index in [9.17, 15) is 0 Å². The van der Waals surface area contributed by atoms with E-state index in [0.29, 0.717) is 23.7 Å². The largest absolute Gasteiger partial charge is 0.279 e. The summed E-state index contributed by atoms with van der Waals surface area (Å²) in [6.45, 7) is 18.4. The molecule has 0 aliphatic heterocycles. The third-order valence-electron chi connectivity index (χ3n) is 10.5. The average Bonchev–Trinajstić information content (AvgIpc) is 3.16. The van der Waals surface area contributed by atoms with Gasteiger partial charge in [-0.2, -0.15) is 0 Å². The Labute approximate surface area is 339 Å². The van der Waals surface area contributed by atoms with E-state index in [0.717, 1.165) is 86.0 Å². The van der Waals surface area contributed by atoms with Crippen LogP contribution in [0.1, 0.15) is 129 Å². The van der Waals surface area contributed by atoms with Gasteiger partial charge in [-0.25, -0.2) is 19.9 Å². The van der Waals surface area contributed by atoms with Gasteiger partial charge in [0.15, 0.2) is 0 Å². The van der Waals surface area contributed by atoms with Crippen LogP contribution in [-0.4, -0.2) is 19.9 Å². The Morgan fingerprint density at radius 3 is 0.893 bits per heavy atom. The van der Waals surface area contributed by atoms with Crippen LogP contribution < -0.4 is 9.80 Å². The van der Waals surface area contributed by atoms with Gasteiger partial charge in [-0.05, 0) is 164 Å². The average molecular weight is 753 g/mol. The van der Waals surface area contributed by atoms with E-state index in [-0.39, 0.29) is 0 Å². The van der Waals surface area contributed by atoms with Crippen molar-refractivity contribution in [2.24, 2.45) is 23.7 Å². The lowest BCUT2D eigenvalue weighted by molar-refractivity contribution is 0.555. The molecule has 0 radical (unpaired) electrons. The zero-order chi connectivity index (χ0) is 39.9. The lowest BCUT2D eigenvalue weighted by atomic mass is 10.0. The summed E-state index contributed by atoms with van der Waals surface area (Å²) in [7, 11) is 0. The Bertz CT molecular complexity index is 1660. The van der Waals surface area contributed by atoms with E-state index in [4.69, 9.17) is 19.9 Å². The van der Waals surface area contributed by atoms with Crippen LogP contribution >= 0.6 is 0 Å². The number of rotatable bonds is 22. The SMILES string of the molecule is CC(C)CCCc1ccnc(N(c2cccc(N(c3cc(CCCC(C)C)ccn3)c3cc(CCCC(C)C)ccn3)c2)c2cc(CCCC(C)C)ccn2)c1. The van der Waals surface area contributed by atoms with Crippen molar-refractivity contribution < 1.29 is 0 Å². The Balaban J connectivity index is 1.59. The molecule has 0 saturated carbocycles. The van der Waals surface area contributed by atoms with E-state index < -0.39 is 0 Å². The fourth-order valence-electron chi connectivity index (χ4n) is 7.35. The molecule has 0 saturated heterocycles. The number of hydrogen-bond acceptors (Lipinski definition) is 6. The smallest absolute Gasteiger partial charge is 0.138 e. The fraction of sp³-hybridized carbons (Fsp3) is 0.480. The second-order valence-corrected chi connectivity index (χ2v) is 17.4. The molecule has 56 heavy (non-hydrogen) atoms. The molecule has 0 aliphatic carbocycles. The van der Waals surface area contributed by atoms with Gasteiger partial charge in [0.1, 0.15) is 23.3 Å². The quantitative estimate of drug-likeness (QED) is 0.0702. The first-order valence-corrected chi connectivity index (χ1v) is 21.6. The highest BCUT2D eigenvalue weighted by molar-refractivity contribution is 5.79. The van der Waals surface area contributed by atoms with Crippen LogP contribution in [0.15, 0.2) is 97.6 Å². The number of anilines is 6. The van der Waals surface area contributed by atoms with E-state index in [1.165, 1.54) is 47.9 Å². The molecule has 0 fully saturated rings. The molecule has 0 aliphatic rings. The van der Waals surface area contributed by atoms with Gasteiger partial charge in [0.05, 0.1) is 11.4 Å². The third kappa shape index (κ3) is 13.3. The molecule has 5 rings (SSSR count). The van der Waals surface area contributed by atoms with Crippen LogP contribution in [0.25, 0.3) is 0 Å². The zero-order valence-electron chi connectivity index (χ0n) is 35.7. The van der Waals surface area contributed by atoms with Gasteiger partial charge in [-0.1, -0.05) is 87.1 Å². The molecule has 0 bridgehead atoms. The molecule has 0 unspecified atom stereocenters. The number of aryl methyl sites for hydroxylation is 4. The summed E-state index contributed by atoms with van der Waals surface area (Å²) >= 11 is 0. The predicted molar refractivity (Wildman–Crippen MR) is 238 cm³/mol. The van der Waals surface area contributed by atoms with E-state index >= 15 is 0 Å². The highest BCUT2D eigenvalue weighted by Crippen LogP contribution is 2.39. The molecule has 298 valence electrons. The zero-order valence-corrected chi connectivity index (χ0v) is 35.7. The first-order chi connectivity index (χ1) is 27.0. The van der Waals surface area contributed by atoms with Crippen molar-refractivity contribution in [2.75, 3.05) is 9.80 Å². The van der Waals surface area contributed by atoms with Crippen LogP contribution in [0.4, 0.5) is 34.6 Å². The first-order valence-electron chi connectivity index (χ1n) is 21.6.